The second-order valence-electron chi connectivity index (χ2n) is 3.64. The fourth-order valence-corrected chi connectivity index (χ4v) is 1.35. The maximum Gasteiger partial charge on any atom is 0.0681 e. The lowest BCUT2D eigenvalue weighted by atomic mass is 10.2. The van der Waals surface area contributed by atoms with Crippen molar-refractivity contribution in [3.05, 3.63) is 42.0 Å². The number of aliphatic hydroxyl groups excluding tert-OH is 1. The topological polar surface area (TPSA) is 23.5 Å². The highest BCUT2D eigenvalue weighted by atomic mass is 16.3. The van der Waals surface area contributed by atoms with Crippen LogP contribution in [0.4, 0.5) is 5.69 Å². The molecule has 0 bridgehead atoms. The number of rotatable bonds is 4. The largest absolute Gasteiger partial charge is 0.392 e. The highest BCUT2D eigenvalue weighted by molar-refractivity contribution is 5.47. The van der Waals surface area contributed by atoms with E-state index in [1.54, 1.807) is 0 Å². The molecule has 0 fully saturated rings. The molecule has 1 rings (SSSR count). The van der Waals surface area contributed by atoms with Gasteiger partial charge in [0, 0.05) is 19.3 Å². The summed E-state index contributed by atoms with van der Waals surface area (Å²) in [5.41, 5.74) is 3.22. The third-order valence-electron chi connectivity index (χ3n) is 2.07. The van der Waals surface area contributed by atoms with Gasteiger partial charge in [-0.1, -0.05) is 24.3 Å². The Morgan fingerprint density at radius 1 is 1.36 bits per heavy atom. The Balaban J connectivity index is 2.71. The van der Waals surface area contributed by atoms with E-state index in [4.69, 9.17) is 5.11 Å². The number of hydrogen-bond acceptors (Lipinski definition) is 2. The number of benzene rings is 1. The SMILES string of the molecule is C=C(C)CN(C)c1ccc(CO)cc1. The molecule has 0 spiro atoms. The maximum absolute atomic E-state index is 8.88. The van der Waals surface area contributed by atoms with Crippen LogP contribution >= 0.6 is 0 Å². The summed E-state index contributed by atoms with van der Waals surface area (Å²) in [6.07, 6.45) is 0. The van der Waals surface area contributed by atoms with Crippen LogP contribution in [0.25, 0.3) is 0 Å². The Hall–Kier alpha value is -1.28. The fourth-order valence-electron chi connectivity index (χ4n) is 1.35. The zero-order valence-electron chi connectivity index (χ0n) is 8.83. The molecule has 0 aliphatic rings. The molecule has 1 N–H and O–H groups in total. The Kier molecular flexibility index (Phi) is 3.72. The summed E-state index contributed by atoms with van der Waals surface area (Å²) in [7, 11) is 2.03. The molecule has 0 saturated carbocycles. The highest BCUT2D eigenvalue weighted by Crippen LogP contribution is 2.14. The van der Waals surface area contributed by atoms with E-state index in [0.29, 0.717) is 0 Å². The Labute approximate surface area is 85.5 Å². The van der Waals surface area contributed by atoms with Gasteiger partial charge < -0.3 is 10.0 Å². The van der Waals surface area contributed by atoms with Gasteiger partial charge in [0.25, 0.3) is 0 Å². The summed E-state index contributed by atoms with van der Waals surface area (Å²) in [5.74, 6) is 0. The van der Waals surface area contributed by atoms with E-state index in [1.807, 2.05) is 38.2 Å². The predicted octanol–water partition coefficient (Wildman–Crippen LogP) is 2.19. The minimum absolute atomic E-state index is 0.102. The van der Waals surface area contributed by atoms with Crippen LogP contribution in [0.1, 0.15) is 12.5 Å². The standard InChI is InChI=1S/C12H17NO/c1-10(2)8-13(3)12-6-4-11(9-14)5-7-12/h4-7,14H,1,8-9H2,2-3H3. The smallest absolute Gasteiger partial charge is 0.0681 e. The first-order valence-electron chi connectivity index (χ1n) is 4.69. The average molecular weight is 191 g/mol. The van der Waals surface area contributed by atoms with E-state index in [0.717, 1.165) is 23.4 Å². The van der Waals surface area contributed by atoms with Gasteiger partial charge in [0.1, 0.15) is 0 Å². The average Bonchev–Trinajstić information content (AvgIpc) is 2.17. The number of aliphatic hydroxyl groups is 1. The van der Waals surface area contributed by atoms with Crippen LogP contribution in [0.15, 0.2) is 36.4 Å². The molecule has 0 atom stereocenters. The molecule has 0 heterocycles. The molecule has 0 aliphatic carbocycles. The van der Waals surface area contributed by atoms with Crippen molar-refractivity contribution >= 4 is 5.69 Å². The zero-order chi connectivity index (χ0) is 10.6. The predicted molar refractivity (Wildman–Crippen MR) is 60.4 cm³/mol. The van der Waals surface area contributed by atoms with E-state index in [9.17, 15) is 0 Å². The summed E-state index contributed by atoms with van der Waals surface area (Å²) in [6.45, 7) is 6.85. The van der Waals surface area contributed by atoms with Crippen LogP contribution < -0.4 is 4.90 Å². The normalized spacial score (nSPS) is 9.93. The van der Waals surface area contributed by atoms with E-state index in [-0.39, 0.29) is 6.61 Å². The van der Waals surface area contributed by atoms with E-state index in [2.05, 4.69) is 11.5 Å². The van der Waals surface area contributed by atoms with E-state index < -0.39 is 0 Å². The van der Waals surface area contributed by atoms with Crippen molar-refractivity contribution < 1.29 is 5.11 Å². The van der Waals surface area contributed by atoms with Crippen LogP contribution in [0.3, 0.4) is 0 Å². The van der Waals surface area contributed by atoms with Gasteiger partial charge in [0.2, 0.25) is 0 Å². The van der Waals surface area contributed by atoms with E-state index in [1.165, 1.54) is 0 Å². The summed E-state index contributed by atoms with van der Waals surface area (Å²) in [6, 6.07) is 7.89. The van der Waals surface area contributed by atoms with Crippen molar-refractivity contribution in [3.8, 4) is 0 Å². The molecular weight excluding hydrogens is 174 g/mol. The van der Waals surface area contributed by atoms with Crippen molar-refractivity contribution in [2.75, 3.05) is 18.5 Å². The van der Waals surface area contributed by atoms with Gasteiger partial charge in [0.15, 0.2) is 0 Å². The van der Waals surface area contributed by atoms with Gasteiger partial charge in [-0.25, -0.2) is 0 Å². The molecule has 0 unspecified atom stereocenters. The van der Waals surface area contributed by atoms with Crippen LogP contribution in [-0.2, 0) is 6.61 Å². The number of anilines is 1. The Morgan fingerprint density at radius 2 is 1.93 bits per heavy atom. The maximum atomic E-state index is 8.88. The van der Waals surface area contributed by atoms with Crippen molar-refractivity contribution in [1.29, 1.82) is 0 Å². The third-order valence-corrected chi connectivity index (χ3v) is 2.07. The van der Waals surface area contributed by atoms with Gasteiger partial charge in [-0.2, -0.15) is 0 Å². The van der Waals surface area contributed by atoms with Crippen molar-refractivity contribution in [1.82, 2.24) is 0 Å². The lowest BCUT2D eigenvalue weighted by Gasteiger charge is -2.19. The second-order valence-corrected chi connectivity index (χ2v) is 3.64. The monoisotopic (exact) mass is 191 g/mol. The summed E-state index contributed by atoms with van der Waals surface area (Å²) in [4.78, 5) is 2.13. The zero-order valence-corrected chi connectivity index (χ0v) is 8.83. The van der Waals surface area contributed by atoms with Gasteiger partial charge in [-0.3, -0.25) is 0 Å². The molecule has 2 heteroatoms. The van der Waals surface area contributed by atoms with Crippen molar-refractivity contribution in [2.24, 2.45) is 0 Å². The second kappa shape index (κ2) is 4.82. The quantitative estimate of drug-likeness (QED) is 0.737. The molecular formula is C12H17NO. The van der Waals surface area contributed by atoms with Gasteiger partial charge in [-0.15, -0.1) is 0 Å². The molecule has 0 amide bonds. The highest BCUT2D eigenvalue weighted by Gasteiger charge is 1.99. The van der Waals surface area contributed by atoms with Crippen LogP contribution in [0.2, 0.25) is 0 Å². The minimum atomic E-state index is 0.102. The van der Waals surface area contributed by atoms with Crippen molar-refractivity contribution in [3.63, 3.8) is 0 Å². The first-order valence-corrected chi connectivity index (χ1v) is 4.69. The number of hydrogen-bond donors (Lipinski definition) is 1. The molecule has 0 radical (unpaired) electrons. The van der Waals surface area contributed by atoms with Gasteiger partial charge >= 0.3 is 0 Å². The fraction of sp³-hybridized carbons (Fsp3) is 0.333. The van der Waals surface area contributed by atoms with Gasteiger partial charge in [0.05, 0.1) is 6.61 Å². The minimum Gasteiger partial charge on any atom is -0.392 e. The van der Waals surface area contributed by atoms with Crippen LogP contribution in [0, 0.1) is 0 Å². The van der Waals surface area contributed by atoms with Crippen LogP contribution in [-0.4, -0.2) is 18.7 Å². The number of nitrogens with zero attached hydrogens (tertiary/aromatic N) is 1. The molecule has 76 valence electrons. The Bertz CT molecular complexity index is 303. The van der Waals surface area contributed by atoms with E-state index >= 15 is 0 Å². The summed E-state index contributed by atoms with van der Waals surface area (Å²) < 4.78 is 0. The first-order chi connectivity index (χ1) is 6.63. The molecule has 2 nitrogen and oxygen atoms in total. The molecule has 0 saturated heterocycles. The van der Waals surface area contributed by atoms with Crippen molar-refractivity contribution in [2.45, 2.75) is 13.5 Å². The van der Waals surface area contributed by atoms with Crippen LogP contribution in [0.5, 0.6) is 0 Å². The summed E-state index contributed by atoms with van der Waals surface area (Å²) >= 11 is 0. The molecule has 0 aliphatic heterocycles. The lowest BCUT2D eigenvalue weighted by Crippen LogP contribution is -2.18. The molecule has 1 aromatic rings. The molecule has 0 aromatic heterocycles. The third kappa shape index (κ3) is 2.89. The first kappa shape index (κ1) is 10.8. The molecule has 14 heavy (non-hydrogen) atoms. The summed E-state index contributed by atoms with van der Waals surface area (Å²) in [5, 5.41) is 8.88. The Morgan fingerprint density at radius 3 is 2.36 bits per heavy atom. The van der Waals surface area contributed by atoms with Gasteiger partial charge in [-0.05, 0) is 24.6 Å². The lowest BCUT2D eigenvalue weighted by molar-refractivity contribution is 0.282. The molecule has 1 aromatic carbocycles. The number of likely N-dealkylation sites (N-methyl/N-ethyl adjacent to an activating group) is 1.